The van der Waals surface area contributed by atoms with Crippen molar-refractivity contribution in [1.82, 2.24) is 10.3 Å². The second-order valence-electron chi connectivity index (χ2n) is 7.64. The van der Waals surface area contributed by atoms with Gasteiger partial charge in [-0.3, -0.25) is 9.78 Å². The SMILES string of the molecule is CCOC(=O)C1=C(CC)NC2=C(C(=O)CC(C)(C)C2)[C@H]1c1ccncc1. The van der Waals surface area contributed by atoms with E-state index < -0.39 is 5.92 Å². The summed E-state index contributed by atoms with van der Waals surface area (Å²) in [5.74, 6) is -0.655. The predicted octanol–water partition coefficient (Wildman–Crippen LogP) is 3.64. The number of pyridine rings is 1. The smallest absolute Gasteiger partial charge is 0.336 e. The monoisotopic (exact) mass is 354 g/mol. The molecule has 0 radical (unpaired) electrons. The standard InChI is InChI=1S/C21H26N2O3/c1-5-14-19(20(25)26-6-2)17(13-7-9-22-10-8-13)18-15(23-14)11-21(3,4)12-16(18)24/h7-10,17,23H,5-6,11-12H2,1-4H3/t17-/m1/s1. The number of ketones is 1. The lowest BCUT2D eigenvalue weighted by Crippen LogP contribution is -2.39. The zero-order valence-electron chi connectivity index (χ0n) is 15.9. The van der Waals surface area contributed by atoms with Crippen LogP contribution in [0.3, 0.4) is 0 Å². The first-order valence-corrected chi connectivity index (χ1v) is 9.21. The van der Waals surface area contributed by atoms with Gasteiger partial charge in [0.15, 0.2) is 5.78 Å². The van der Waals surface area contributed by atoms with Crippen LogP contribution in [0.2, 0.25) is 0 Å². The maximum absolute atomic E-state index is 13.1. The highest BCUT2D eigenvalue weighted by molar-refractivity contribution is 6.04. The lowest BCUT2D eigenvalue weighted by Gasteiger charge is -2.39. The van der Waals surface area contributed by atoms with E-state index in [1.807, 2.05) is 19.1 Å². The van der Waals surface area contributed by atoms with Crippen molar-refractivity contribution in [2.75, 3.05) is 6.61 Å². The number of carbonyl (C=O) groups excluding carboxylic acids is 2. The minimum absolute atomic E-state index is 0.0913. The van der Waals surface area contributed by atoms with E-state index in [2.05, 4.69) is 24.1 Å². The molecule has 26 heavy (non-hydrogen) atoms. The predicted molar refractivity (Wildman–Crippen MR) is 99.1 cm³/mol. The zero-order chi connectivity index (χ0) is 18.9. The van der Waals surface area contributed by atoms with Crippen LogP contribution in [-0.4, -0.2) is 23.3 Å². The molecule has 0 saturated carbocycles. The molecule has 0 aromatic carbocycles. The third-order valence-electron chi connectivity index (χ3n) is 5.01. The zero-order valence-corrected chi connectivity index (χ0v) is 15.9. The maximum atomic E-state index is 13.1. The number of dihydropyridines is 1. The number of nitrogens with one attached hydrogen (secondary N) is 1. The Morgan fingerprint density at radius 1 is 1.27 bits per heavy atom. The molecule has 2 aliphatic rings. The molecule has 0 spiro atoms. The van der Waals surface area contributed by atoms with Crippen molar-refractivity contribution in [3.8, 4) is 0 Å². The summed E-state index contributed by atoms with van der Waals surface area (Å²) in [6.45, 7) is 8.31. The van der Waals surface area contributed by atoms with Crippen molar-refractivity contribution in [2.45, 2.75) is 52.9 Å². The van der Waals surface area contributed by atoms with Crippen molar-refractivity contribution in [1.29, 1.82) is 0 Å². The number of ether oxygens (including phenoxy) is 1. The number of allylic oxidation sites excluding steroid dienone is 3. The minimum atomic E-state index is -0.396. The van der Waals surface area contributed by atoms with Gasteiger partial charge in [0.25, 0.3) is 0 Å². The van der Waals surface area contributed by atoms with E-state index in [4.69, 9.17) is 4.74 Å². The van der Waals surface area contributed by atoms with E-state index in [1.54, 1.807) is 19.3 Å². The molecule has 3 rings (SSSR count). The Morgan fingerprint density at radius 2 is 1.96 bits per heavy atom. The molecule has 0 fully saturated rings. The quantitative estimate of drug-likeness (QED) is 0.836. The molecule has 0 bridgehead atoms. The Kier molecular flexibility index (Phi) is 4.99. The molecule has 5 heteroatoms. The Morgan fingerprint density at radius 3 is 2.58 bits per heavy atom. The molecule has 2 heterocycles. The van der Waals surface area contributed by atoms with Gasteiger partial charge in [-0.05, 0) is 42.9 Å². The molecule has 0 amide bonds. The van der Waals surface area contributed by atoms with Gasteiger partial charge in [0.05, 0.1) is 12.2 Å². The van der Waals surface area contributed by atoms with Gasteiger partial charge in [-0.25, -0.2) is 4.79 Å². The van der Waals surface area contributed by atoms with E-state index in [9.17, 15) is 9.59 Å². The molecule has 1 aliphatic heterocycles. The second kappa shape index (κ2) is 7.06. The van der Waals surface area contributed by atoms with Crippen LogP contribution >= 0.6 is 0 Å². The van der Waals surface area contributed by atoms with E-state index in [-0.39, 0.29) is 17.2 Å². The van der Waals surface area contributed by atoms with Gasteiger partial charge in [-0.1, -0.05) is 20.8 Å². The maximum Gasteiger partial charge on any atom is 0.336 e. The number of hydrogen-bond donors (Lipinski definition) is 1. The average molecular weight is 354 g/mol. The molecule has 138 valence electrons. The molecule has 1 aromatic rings. The number of nitrogens with zero attached hydrogens (tertiary/aromatic N) is 1. The van der Waals surface area contributed by atoms with E-state index in [0.29, 0.717) is 30.6 Å². The molecule has 1 N–H and O–H groups in total. The molecule has 1 aromatic heterocycles. The summed E-state index contributed by atoms with van der Waals surface area (Å²) in [4.78, 5) is 29.9. The Bertz CT molecular complexity index is 791. The van der Waals surface area contributed by atoms with Gasteiger partial charge in [-0.2, -0.15) is 0 Å². The van der Waals surface area contributed by atoms with Crippen LogP contribution in [-0.2, 0) is 14.3 Å². The van der Waals surface area contributed by atoms with Gasteiger partial charge in [0, 0.05) is 41.7 Å². The fraction of sp³-hybridized carbons (Fsp3) is 0.476. The highest BCUT2D eigenvalue weighted by Gasteiger charge is 2.43. The van der Waals surface area contributed by atoms with Crippen LogP contribution in [0.5, 0.6) is 0 Å². The lowest BCUT2D eigenvalue weighted by molar-refractivity contribution is -0.138. The van der Waals surface area contributed by atoms with Crippen molar-refractivity contribution >= 4 is 11.8 Å². The summed E-state index contributed by atoms with van der Waals surface area (Å²) < 4.78 is 5.33. The highest BCUT2D eigenvalue weighted by Crippen LogP contribution is 2.47. The van der Waals surface area contributed by atoms with E-state index >= 15 is 0 Å². The van der Waals surface area contributed by atoms with Crippen LogP contribution in [0.4, 0.5) is 0 Å². The van der Waals surface area contributed by atoms with Crippen LogP contribution in [0.1, 0.15) is 58.4 Å². The van der Waals surface area contributed by atoms with Crippen molar-refractivity contribution in [2.24, 2.45) is 5.41 Å². The molecule has 1 atom stereocenters. The third kappa shape index (κ3) is 3.30. The number of rotatable bonds is 4. The van der Waals surface area contributed by atoms with Crippen LogP contribution in [0.15, 0.2) is 47.1 Å². The summed E-state index contributed by atoms with van der Waals surface area (Å²) in [6, 6.07) is 3.75. The second-order valence-corrected chi connectivity index (χ2v) is 7.64. The van der Waals surface area contributed by atoms with Gasteiger partial charge in [-0.15, -0.1) is 0 Å². The summed E-state index contributed by atoms with van der Waals surface area (Å²) in [5.41, 5.74) is 3.85. The largest absolute Gasteiger partial charge is 0.463 e. The summed E-state index contributed by atoms with van der Waals surface area (Å²) in [7, 11) is 0. The van der Waals surface area contributed by atoms with Crippen molar-refractivity contribution < 1.29 is 14.3 Å². The molecule has 0 saturated heterocycles. The minimum Gasteiger partial charge on any atom is -0.463 e. The molecule has 0 unspecified atom stereocenters. The Hall–Kier alpha value is -2.43. The van der Waals surface area contributed by atoms with Crippen LogP contribution in [0, 0.1) is 5.41 Å². The number of carbonyl (C=O) groups is 2. The average Bonchev–Trinajstić information content (AvgIpc) is 2.59. The topological polar surface area (TPSA) is 68.3 Å². The van der Waals surface area contributed by atoms with Crippen molar-refractivity contribution in [3.63, 3.8) is 0 Å². The van der Waals surface area contributed by atoms with E-state index in [1.165, 1.54) is 0 Å². The summed E-state index contributed by atoms with van der Waals surface area (Å²) >= 11 is 0. The van der Waals surface area contributed by atoms with Gasteiger partial charge in [0.2, 0.25) is 0 Å². The van der Waals surface area contributed by atoms with Gasteiger partial charge >= 0.3 is 5.97 Å². The first-order chi connectivity index (χ1) is 12.4. The highest BCUT2D eigenvalue weighted by atomic mass is 16.5. The number of hydrogen-bond acceptors (Lipinski definition) is 5. The number of Topliss-reactive ketones (excluding diaryl/α,β-unsaturated/α-hetero) is 1. The molecule has 5 nitrogen and oxygen atoms in total. The van der Waals surface area contributed by atoms with Crippen LogP contribution in [0.25, 0.3) is 0 Å². The lowest BCUT2D eigenvalue weighted by atomic mass is 9.68. The molecule has 1 aliphatic carbocycles. The first-order valence-electron chi connectivity index (χ1n) is 9.21. The first kappa shape index (κ1) is 18.4. The fourth-order valence-corrected chi connectivity index (χ4v) is 3.97. The van der Waals surface area contributed by atoms with Crippen molar-refractivity contribution in [3.05, 3.63) is 52.6 Å². The van der Waals surface area contributed by atoms with Gasteiger partial charge in [0.1, 0.15) is 0 Å². The Balaban J connectivity index is 2.19. The van der Waals surface area contributed by atoms with E-state index in [0.717, 1.165) is 23.4 Å². The summed E-state index contributed by atoms with van der Waals surface area (Å²) in [5, 5.41) is 3.40. The fourth-order valence-electron chi connectivity index (χ4n) is 3.97. The number of aromatic nitrogens is 1. The Labute approximate surface area is 154 Å². The molecular weight excluding hydrogens is 328 g/mol. The summed E-state index contributed by atoms with van der Waals surface area (Å²) in [6.07, 6.45) is 5.33. The normalized spacial score (nSPS) is 22.0. The number of esters is 1. The third-order valence-corrected chi connectivity index (χ3v) is 5.01. The van der Waals surface area contributed by atoms with Crippen LogP contribution < -0.4 is 5.32 Å². The molecular formula is C21H26N2O3. The van der Waals surface area contributed by atoms with Gasteiger partial charge < -0.3 is 10.1 Å².